The van der Waals surface area contributed by atoms with E-state index in [0.717, 1.165) is 0 Å². The van der Waals surface area contributed by atoms with Crippen LogP contribution >= 0.6 is 0 Å². The molecule has 0 fully saturated rings. The Bertz CT molecular complexity index is 196. The van der Waals surface area contributed by atoms with Crippen LogP contribution in [0.5, 0.6) is 0 Å². The molecule has 1 amide bonds. The Morgan fingerprint density at radius 1 is 1.80 bits per heavy atom. The number of carbonyl (C=O) groups is 2. The summed E-state index contributed by atoms with van der Waals surface area (Å²) < 4.78 is 0. The van der Waals surface area contributed by atoms with Gasteiger partial charge in [0.1, 0.15) is 5.78 Å². The van der Waals surface area contributed by atoms with Crippen LogP contribution in [0.1, 0.15) is 13.3 Å². The lowest BCUT2D eigenvalue weighted by molar-refractivity contribution is -0.132. The van der Waals surface area contributed by atoms with Crippen molar-refractivity contribution in [3.05, 3.63) is 12.3 Å². The molecule has 3 nitrogen and oxygen atoms in total. The summed E-state index contributed by atoms with van der Waals surface area (Å²) in [5, 5.41) is 2.47. The van der Waals surface area contributed by atoms with Gasteiger partial charge in [0.25, 0.3) is 0 Å². The molecule has 1 rings (SSSR count). The minimum atomic E-state index is -0.454. The van der Waals surface area contributed by atoms with Crippen LogP contribution in [-0.2, 0) is 9.59 Å². The van der Waals surface area contributed by atoms with Crippen molar-refractivity contribution in [2.24, 2.45) is 5.92 Å². The zero-order valence-corrected chi connectivity index (χ0v) is 5.76. The molecule has 54 valence electrons. The number of carbonyl (C=O) groups excluding carboxylic acids is 2. The van der Waals surface area contributed by atoms with E-state index in [2.05, 4.69) is 5.32 Å². The number of nitrogens with one attached hydrogen (secondary N) is 1. The van der Waals surface area contributed by atoms with E-state index in [1.165, 1.54) is 6.92 Å². The van der Waals surface area contributed by atoms with Crippen LogP contribution < -0.4 is 5.32 Å². The smallest absolute Gasteiger partial charge is 0.234 e. The van der Waals surface area contributed by atoms with E-state index in [1.54, 1.807) is 12.3 Å². The lowest BCUT2D eigenvalue weighted by Crippen LogP contribution is -2.33. The van der Waals surface area contributed by atoms with Crippen LogP contribution in [0, 0.1) is 5.92 Å². The van der Waals surface area contributed by atoms with E-state index < -0.39 is 5.92 Å². The lowest BCUT2D eigenvalue weighted by Gasteiger charge is -2.13. The summed E-state index contributed by atoms with van der Waals surface area (Å²) >= 11 is 0. The predicted octanol–water partition coefficient (Wildman–Crippen LogP) is 0.225. The van der Waals surface area contributed by atoms with E-state index in [0.29, 0.717) is 6.42 Å². The zero-order valence-electron chi connectivity index (χ0n) is 5.76. The van der Waals surface area contributed by atoms with Crippen molar-refractivity contribution >= 4 is 11.7 Å². The Morgan fingerprint density at radius 2 is 2.50 bits per heavy atom. The fraction of sp³-hybridized carbons (Fsp3) is 0.429. The molecular weight excluding hydrogens is 130 g/mol. The summed E-state index contributed by atoms with van der Waals surface area (Å²) in [4.78, 5) is 21.6. The van der Waals surface area contributed by atoms with Gasteiger partial charge in [0.2, 0.25) is 5.91 Å². The SMILES string of the molecule is CC(=O)C1CC=CNC1=O. The summed E-state index contributed by atoms with van der Waals surface area (Å²) in [5.41, 5.74) is 0. The van der Waals surface area contributed by atoms with Gasteiger partial charge in [-0.3, -0.25) is 9.59 Å². The number of rotatable bonds is 1. The van der Waals surface area contributed by atoms with E-state index in [-0.39, 0.29) is 11.7 Å². The monoisotopic (exact) mass is 139 g/mol. The predicted molar refractivity (Wildman–Crippen MR) is 36.1 cm³/mol. The maximum Gasteiger partial charge on any atom is 0.234 e. The molecule has 1 heterocycles. The molecule has 0 saturated heterocycles. The maximum absolute atomic E-state index is 10.9. The molecular formula is C7H9NO2. The highest BCUT2D eigenvalue weighted by atomic mass is 16.2. The molecule has 1 unspecified atom stereocenters. The summed E-state index contributed by atoms with van der Waals surface area (Å²) in [5.74, 6) is -0.707. The van der Waals surface area contributed by atoms with Crippen LogP contribution in [-0.4, -0.2) is 11.7 Å². The molecule has 3 heteroatoms. The van der Waals surface area contributed by atoms with Crippen molar-refractivity contribution < 1.29 is 9.59 Å². The Kier molecular flexibility index (Phi) is 1.85. The van der Waals surface area contributed by atoms with E-state index in [9.17, 15) is 9.59 Å². The second-order valence-corrected chi connectivity index (χ2v) is 2.31. The molecule has 1 N–H and O–H groups in total. The van der Waals surface area contributed by atoms with Gasteiger partial charge in [0, 0.05) is 0 Å². The number of Topliss-reactive ketones (excluding diaryl/α,β-unsaturated/α-hetero) is 1. The maximum atomic E-state index is 10.9. The van der Waals surface area contributed by atoms with Gasteiger partial charge < -0.3 is 5.32 Å². The Labute approximate surface area is 59.1 Å². The van der Waals surface area contributed by atoms with Crippen molar-refractivity contribution in [1.82, 2.24) is 5.32 Å². The summed E-state index contributed by atoms with van der Waals surface area (Å²) in [6, 6.07) is 0. The Hall–Kier alpha value is -1.12. The van der Waals surface area contributed by atoms with Gasteiger partial charge in [-0.25, -0.2) is 0 Å². The van der Waals surface area contributed by atoms with Crippen molar-refractivity contribution in [1.29, 1.82) is 0 Å². The van der Waals surface area contributed by atoms with Crippen molar-refractivity contribution in [2.75, 3.05) is 0 Å². The first-order chi connectivity index (χ1) is 4.72. The minimum Gasteiger partial charge on any atom is -0.332 e. The van der Waals surface area contributed by atoms with Crippen LogP contribution in [0.4, 0.5) is 0 Å². The molecule has 0 aliphatic carbocycles. The first kappa shape index (κ1) is 6.99. The van der Waals surface area contributed by atoms with Gasteiger partial charge in [-0.2, -0.15) is 0 Å². The molecule has 0 spiro atoms. The quantitative estimate of drug-likeness (QED) is 0.528. The summed E-state index contributed by atoms with van der Waals surface area (Å²) in [6.07, 6.45) is 3.90. The van der Waals surface area contributed by atoms with Crippen molar-refractivity contribution in [3.63, 3.8) is 0 Å². The standard InChI is InChI=1S/C7H9NO2/c1-5(9)6-3-2-4-8-7(6)10/h2,4,6H,3H2,1H3,(H,8,10). The summed E-state index contributed by atoms with van der Waals surface area (Å²) in [7, 11) is 0. The highest BCUT2D eigenvalue weighted by molar-refractivity contribution is 6.01. The normalized spacial score (nSPS) is 24.1. The third-order valence-electron chi connectivity index (χ3n) is 1.52. The first-order valence-electron chi connectivity index (χ1n) is 3.17. The molecule has 0 aromatic rings. The fourth-order valence-electron chi connectivity index (χ4n) is 0.903. The average molecular weight is 139 g/mol. The van der Waals surface area contributed by atoms with Crippen molar-refractivity contribution in [3.8, 4) is 0 Å². The van der Waals surface area contributed by atoms with Crippen LogP contribution in [0.3, 0.4) is 0 Å². The van der Waals surface area contributed by atoms with Gasteiger partial charge in [0.15, 0.2) is 0 Å². The Balaban J connectivity index is 2.68. The number of hydrogen-bond donors (Lipinski definition) is 1. The van der Waals surface area contributed by atoms with Gasteiger partial charge >= 0.3 is 0 Å². The van der Waals surface area contributed by atoms with Gasteiger partial charge in [-0.05, 0) is 19.5 Å². The topological polar surface area (TPSA) is 46.2 Å². The average Bonchev–Trinajstić information content (AvgIpc) is 1.88. The largest absolute Gasteiger partial charge is 0.332 e. The zero-order chi connectivity index (χ0) is 7.56. The van der Waals surface area contributed by atoms with Crippen LogP contribution in [0.15, 0.2) is 12.3 Å². The lowest BCUT2D eigenvalue weighted by atomic mass is 9.98. The third-order valence-corrected chi connectivity index (χ3v) is 1.52. The molecule has 1 aliphatic heterocycles. The number of allylic oxidation sites excluding steroid dienone is 1. The second-order valence-electron chi connectivity index (χ2n) is 2.31. The van der Waals surface area contributed by atoms with E-state index in [1.807, 2.05) is 0 Å². The molecule has 0 bridgehead atoms. The fourth-order valence-corrected chi connectivity index (χ4v) is 0.903. The molecule has 0 aromatic carbocycles. The molecule has 10 heavy (non-hydrogen) atoms. The highest BCUT2D eigenvalue weighted by Crippen LogP contribution is 2.08. The summed E-state index contributed by atoms with van der Waals surface area (Å²) in [6.45, 7) is 1.43. The van der Waals surface area contributed by atoms with E-state index >= 15 is 0 Å². The van der Waals surface area contributed by atoms with Gasteiger partial charge in [0.05, 0.1) is 5.92 Å². The highest BCUT2D eigenvalue weighted by Gasteiger charge is 2.22. The molecule has 1 aliphatic rings. The number of hydrogen-bond acceptors (Lipinski definition) is 2. The Morgan fingerprint density at radius 3 is 2.90 bits per heavy atom. The second kappa shape index (κ2) is 2.64. The molecule has 0 aromatic heterocycles. The third kappa shape index (κ3) is 1.23. The van der Waals surface area contributed by atoms with Crippen LogP contribution in [0.25, 0.3) is 0 Å². The minimum absolute atomic E-state index is 0.0677. The molecule has 0 saturated carbocycles. The molecule has 1 atom stereocenters. The number of ketones is 1. The van der Waals surface area contributed by atoms with E-state index in [4.69, 9.17) is 0 Å². The van der Waals surface area contributed by atoms with Gasteiger partial charge in [-0.1, -0.05) is 6.08 Å². The van der Waals surface area contributed by atoms with Crippen LogP contribution in [0.2, 0.25) is 0 Å². The van der Waals surface area contributed by atoms with Gasteiger partial charge in [-0.15, -0.1) is 0 Å². The number of amides is 1. The van der Waals surface area contributed by atoms with Crippen molar-refractivity contribution in [2.45, 2.75) is 13.3 Å². The first-order valence-corrected chi connectivity index (χ1v) is 3.17. The molecule has 0 radical (unpaired) electrons.